The van der Waals surface area contributed by atoms with Crippen molar-refractivity contribution in [3.63, 3.8) is 0 Å². The second-order valence-electron chi connectivity index (χ2n) is 17.9. The van der Waals surface area contributed by atoms with Crippen LogP contribution in [0.2, 0.25) is 0 Å². The predicted molar refractivity (Wildman–Crippen MR) is 216 cm³/mol. The SMILES string of the molecule is CN(C(=O)N(Cc1ccc(CN(C(=O)N(C)c2ccccc2)C2CC(C)(C)N(C)C(C)(C)C2)cc1)C1CC(C)(C)N(C)C(C)(C)C1)c1ccccc1. The molecule has 3 aromatic carbocycles. The van der Waals surface area contributed by atoms with Gasteiger partial charge in [-0.1, -0.05) is 60.7 Å². The van der Waals surface area contributed by atoms with E-state index in [1.54, 1.807) is 9.80 Å². The van der Waals surface area contributed by atoms with Gasteiger partial charge in [0.2, 0.25) is 0 Å². The van der Waals surface area contributed by atoms with Crippen LogP contribution in [-0.2, 0) is 13.1 Å². The lowest BCUT2D eigenvalue weighted by molar-refractivity contribution is -0.0399. The zero-order valence-electron chi connectivity index (χ0n) is 34.0. The number of urea groups is 2. The first kappa shape index (κ1) is 39.3. The van der Waals surface area contributed by atoms with Gasteiger partial charge in [0.15, 0.2) is 0 Å². The molecular weight excluding hydrogens is 645 g/mol. The number of carbonyl (C=O) groups excluding carboxylic acids is 2. The van der Waals surface area contributed by atoms with Crippen molar-refractivity contribution in [2.24, 2.45) is 0 Å². The molecule has 52 heavy (non-hydrogen) atoms. The summed E-state index contributed by atoms with van der Waals surface area (Å²) in [6.07, 6.45) is 3.53. The number of amides is 4. The highest BCUT2D eigenvalue weighted by Crippen LogP contribution is 2.41. The van der Waals surface area contributed by atoms with Crippen molar-refractivity contribution in [3.8, 4) is 0 Å². The monoisotopic (exact) mass is 709 g/mol. The predicted octanol–water partition coefficient (Wildman–Crippen LogP) is 9.11. The number of hydrogen-bond acceptors (Lipinski definition) is 4. The maximum Gasteiger partial charge on any atom is 0.324 e. The van der Waals surface area contributed by atoms with Gasteiger partial charge in [-0.2, -0.15) is 0 Å². The maximum atomic E-state index is 14.4. The third kappa shape index (κ3) is 8.34. The molecule has 8 heteroatoms. The van der Waals surface area contributed by atoms with E-state index in [1.807, 2.05) is 74.8 Å². The van der Waals surface area contributed by atoms with Crippen molar-refractivity contribution in [2.75, 3.05) is 38.0 Å². The van der Waals surface area contributed by atoms with Gasteiger partial charge in [-0.05, 0) is 131 Å². The standard InChI is InChI=1S/C44H64N6O2/c1-41(2)27-37(28-42(3,4)47(41)11)49(39(51)45(9)35-19-15-13-16-20-35)31-33-23-25-34(26-24-33)32-50(40(52)46(10)36-21-17-14-18-22-36)38-29-43(5,6)48(12)44(7,8)30-38/h13-26,37-38H,27-32H2,1-12H3. The van der Waals surface area contributed by atoms with Crippen molar-refractivity contribution in [3.05, 3.63) is 96.1 Å². The molecule has 0 atom stereocenters. The number of piperidine rings is 2. The van der Waals surface area contributed by atoms with Crippen LogP contribution in [-0.4, -0.2) is 94.1 Å². The zero-order chi connectivity index (χ0) is 38.2. The van der Waals surface area contributed by atoms with E-state index in [9.17, 15) is 9.59 Å². The molecule has 5 rings (SSSR count). The Labute approximate surface area is 314 Å². The summed E-state index contributed by atoms with van der Waals surface area (Å²) >= 11 is 0. The summed E-state index contributed by atoms with van der Waals surface area (Å²) in [5, 5.41) is 0. The fraction of sp³-hybridized carbons (Fsp3) is 0.545. The van der Waals surface area contributed by atoms with Crippen molar-refractivity contribution in [2.45, 2.75) is 128 Å². The van der Waals surface area contributed by atoms with Crippen LogP contribution in [0.1, 0.15) is 92.2 Å². The number of carbonyl (C=O) groups is 2. The highest BCUT2D eigenvalue weighted by atomic mass is 16.2. The summed E-state index contributed by atoms with van der Waals surface area (Å²) in [6.45, 7) is 19.3. The highest BCUT2D eigenvalue weighted by molar-refractivity contribution is 5.92. The average molecular weight is 709 g/mol. The molecule has 2 saturated heterocycles. The fourth-order valence-corrected chi connectivity index (χ4v) is 8.84. The third-order valence-electron chi connectivity index (χ3n) is 12.5. The third-order valence-corrected chi connectivity index (χ3v) is 12.5. The van der Waals surface area contributed by atoms with E-state index in [-0.39, 0.29) is 46.3 Å². The first-order valence-corrected chi connectivity index (χ1v) is 19.0. The normalized spacial score (nSPS) is 20.2. The number of rotatable bonds is 8. The second-order valence-corrected chi connectivity index (χ2v) is 17.9. The lowest BCUT2D eigenvalue weighted by Crippen LogP contribution is -2.63. The van der Waals surface area contributed by atoms with Crippen LogP contribution in [0.4, 0.5) is 21.0 Å². The van der Waals surface area contributed by atoms with Gasteiger partial charge in [0, 0.05) is 72.8 Å². The van der Waals surface area contributed by atoms with E-state index in [0.29, 0.717) is 13.1 Å². The van der Waals surface area contributed by atoms with Gasteiger partial charge in [-0.3, -0.25) is 19.6 Å². The number of para-hydroxylation sites is 2. The Hall–Kier alpha value is -3.88. The molecule has 0 unspecified atom stereocenters. The minimum Gasteiger partial charge on any atom is -0.317 e. The van der Waals surface area contributed by atoms with Crippen molar-refractivity contribution in [1.29, 1.82) is 0 Å². The number of nitrogens with zero attached hydrogens (tertiary/aromatic N) is 6. The van der Waals surface area contributed by atoms with Crippen LogP contribution in [0.3, 0.4) is 0 Å². The van der Waals surface area contributed by atoms with Gasteiger partial charge < -0.3 is 9.80 Å². The summed E-state index contributed by atoms with van der Waals surface area (Å²) in [5.74, 6) is 0. The van der Waals surface area contributed by atoms with Gasteiger partial charge in [-0.25, -0.2) is 9.59 Å². The van der Waals surface area contributed by atoms with Crippen LogP contribution in [0.15, 0.2) is 84.9 Å². The molecule has 2 aliphatic rings. The molecule has 2 fully saturated rings. The Balaban J connectivity index is 1.43. The Morgan fingerprint density at radius 1 is 0.519 bits per heavy atom. The molecule has 4 amide bonds. The number of benzene rings is 3. The summed E-state index contributed by atoms with van der Waals surface area (Å²) in [5.41, 5.74) is 3.64. The highest BCUT2D eigenvalue weighted by Gasteiger charge is 2.47. The number of anilines is 2. The van der Waals surface area contributed by atoms with Gasteiger partial charge in [0.05, 0.1) is 0 Å². The van der Waals surface area contributed by atoms with Crippen molar-refractivity contribution >= 4 is 23.4 Å². The molecule has 0 aromatic heterocycles. The van der Waals surface area contributed by atoms with Crippen molar-refractivity contribution in [1.82, 2.24) is 19.6 Å². The van der Waals surface area contributed by atoms with E-state index >= 15 is 0 Å². The first-order chi connectivity index (χ1) is 24.2. The Bertz CT molecular complexity index is 1510. The lowest BCUT2D eigenvalue weighted by atomic mass is 9.77. The Morgan fingerprint density at radius 2 is 0.788 bits per heavy atom. The molecule has 0 radical (unpaired) electrons. The van der Waals surface area contributed by atoms with E-state index in [1.165, 1.54) is 0 Å². The average Bonchev–Trinajstić information content (AvgIpc) is 3.10. The van der Waals surface area contributed by atoms with E-state index in [2.05, 4.69) is 113 Å². The van der Waals surface area contributed by atoms with Crippen LogP contribution in [0, 0.1) is 0 Å². The molecule has 0 saturated carbocycles. The van der Waals surface area contributed by atoms with Gasteiger partial charge in [-0.15, -0.1) is 0 Å². The molecule has 0 bridgehead atoms. The van der Waals surface area contributed by atoms with Gasteiger partial charge in [0.25, 0.3) is 0 Å². The van der Waals surface area contributed by atoms with Gasteiger partial charge in [0.1, 0.15) is 0 Å². The molecule has 0 aliphatic carbocycles. The minimum atomic E-state index is -0.0694. The lowest BCUT2D eigenvalue weighted by Gasteiger charge is -2.55. The molecule has 8 nitrogen and oxygen atoms in total. The number of likely N-dealkylation sites (tertiary alicyclic amines) is 2. The molecule has 2 heterocycles. The smallest absolute Gasteiger partial charge is 0.317 e. The van der Waals surface area contributed by atoms with Gasteiger partial charge >= 0.3 is 12.1 Å². The summed E-state index contributed by atoms with van der Waals surface area (Å²) in [6, 6.07) is 28.5. The largest absolute Gasteiger partial charge is 0.324 e. The van der Waals surface area contributed by atoms with Crippen LogP contribution in [0.5, 0.6) is 0 Å². The van der Waals surface area contributed by atoms with E-state index in [0.717, 1.165) is 48.2 Å². The molecule has 3 aromatic rings. The zero-order valence-corrected chi connectivity index (χ0v) is 34.0. The van der Waals surface area contributed by atoms with E-state index in [4.69, 9.17) is 0 Å². The summed E-state index contributed by atoms with van der Waals surface area (Å²) in [4.78, 5) is 41.5. The molecular formula is C44H64N6O2. The minimum absolute atomic E-state index is 0.00430. The van der Waals surface area contributed by atoms with E-state index < -0.39 is 0 Å². The molecule has 0 N–H and O–H groups in total. The number of hydrogen-bond donors (Lipinski definition) is 0. The van der Waals surface area contributed by atoms with Crippen LogP contribution < -0.4 is 9.80 Å². The quantitative estimate of drug-likeness (QED) is 0.234. The fourth-order valence-electron chi connectivity index (χ4n) is 8.84. The Morgan fingerprint density at radius 3 is 1.06 bits per heavy atom. The molecule has 0 spiro atoms. The second kappa shape index (κ2) is 14.9. The maximum absolute atomic E-state index is 14.4. The van der Waals surface area contributed by atoms with Crippen molar-refractivity contribution < 1.29 is 9.59 Å². The van der Waals surface area contributed by atoms with Crippen LogP contribution in [0.25, 0.3) is 0 Å². The topological polar surface area (TPSA) is 53.6 Å². The molecule has 282 valence electrons. The first-order valence-electron chi connectivity index (χ1n) is 19.0. The molecule has 2 aliphatic heterocycles. The summed E-state index contributed by atoms with van der Waals surface area (Å²) in [7, 11) is 8.16. The summed E-state index contributed by atoms with van der Waals surface area (Å²) < 4.78 is 0. The Kier molecular flexibility index (Phi) is 11.2. The van der Waals surface area contributed by atoms with Crippen LogP contribution >= 0.6 is 0 Å².